The summed E-state index contributed by atoms with van der Waals surface area (Å²) in [6.07, 6.45) is 1.72. The predicted octanol–water partition coefficient (Wildman–Crippen LogP) is 3.44. The Hall–Kier alpha value is -1.46. The van der Waals surface area contributed by atoms with Gasteiger partial charge in [0.2, 0.25) is 0 Å². The summed E-state index contributed by atoms with van der Waals surface area (Å²) in [5.74, 6) is 0. The maximum atomic E-state index is 5.97. The lowest BCUT2D eigenvalue weighted by atomic mass is 10.2. The average Bonchev–Trinajstić information content (AvgIpc) is 2.75. The van der Waals surface area contributed by atoms with Gasteiger partial charge < -0.3 is 0 Å². The molecule has 4 nitrogen and oxygen atoms in total. The van der Waals surface area contributed by atoms with Crippen LogP contribution in [0.15, 0.2) is 35.1 Å². The van der Waals surface area contributed by atoms with Crippen molar-refractivity contribution in [3.8, 4) is 11.4 Å². The van der Waals surface area contributed by atoms with Crippen LogP contribution < -0.4 is 0 Å². The Morgan fingerprint density at radius 2 is 2.12 bits per heavy atom. The van der Waals surface area contributed by atoms with Gasteiger partial charge in [-0.15, -0.1) is 0 Å². The van der Waals surface area contributed by atoms with E-state index >= 15 is 0 Å². The van der Waals surface area contributed by atoms with E-state index in [9.17, 15) is 0 Å². The number of aromatic amines is 1. The molecule has 17 heavy (non-hydrogen) atoms. The minimum absolute atomic E-state index is 0.415. The molecule has 0 unspecified atom stereocenters. The maximum Gasteiger partial charge on any atom is 0.132 e. The molecule has 3 aromatic heterocycles. The lowest BCUT2D eigenvalue weighted by Gasteiger charge is -2.02. The fraction of sp³-hybridized carbons (Fsp3) is 0. The van der Waals surface area contributed by atoms with Gasteiger partial charge in [-0.3, -0.25) is 5.10 Å². The molecule has 0 spiro atoms. The number of halogens is 2. The first kappa shape index (κ1) is 10.7. The van der Waals surface area contributed by atoms with Gasteiger partial charge in [0.25, 0.3) is 0 Å². The van der Waals surface area contributed by atoms with Crippen LogP contribution >= 0.6 is 27.5 Å². The van der Waals surface area contributed by atoms with Gasteiger partial charge in [0.05, 0.1) is 17.4 Å². The summed E-state index contributed by atoms with van der Waals surface area (Å²) in [6, 6.07) is 7.39. The van der Waals surface area contributed by atoms with Crippen LogP contribution in [0.5, 0.6) is 0 Å². The first-order chi connectivity index (χ1) is 8.24. The highest BCUT2D eigenvalue weighted by atomic mass is 79.9. The average molecular weight is 310 g/mol. The number of fused-ring (bicyclic) bond motifs is 1. The van der Waals surface area contributed by atoms with Crippen molar-refractivity contribution in [2.24, 2.45) is 0 Å². The number of aromatic nitrogens is 4. The van der Waals surface area contributed by atoms with E-state index in [1.165, 1.54) is 0 Å². The molecule has 0 aromatic carbocycles. The molecule has 0 aliphatic rings. The quantitative estimate of drug-likeness (QED) is 0.701. The van der Waals surface area contributed by atoms with Crippen molar-refractivity contribution < 1.29 is 0 Å². The van der Waals surface area contributed by atoms with Crippen LogP contribution in [0.1, 0.15) is 0 Å². The van der Waals surface area contributed by atoms with Crippen molar-refractivity contribution in [2.45, 2.75) is 0 Å². The summed E-state index contributed by atoms with van der Waals surface area (Å²) >= 11 is 9.31. The number of pyridine rings is 2. The first-order valence-electron chi connectivity index (χ1n) is 4.86. The molecule has 6 heteroatoms. The molecule has 0 saturated carbocycles. The van der Waals surface area contributed by atoms with Gasteiger partial charge in [-0.05, 0) is 28.1 Å². The fourth-order valence-electron chi connectivity index (χ4n) is 1.65. The number of hydrogen-bond donors (Lipinski definition) is 1. The SMILES string of the molecule is Clc1cc2[nH]ncc2c(-c2cccc(Br)n2)n1. The highest BCUT2D eigenvalue weighted by molar-refractivity contribution is 9.10. The van der Waals surface area contributed by atoms with E-state index in [0.717, 1.165) is 26.9 Å². The maximum absolute atomic E-state index is 5.97. The molecule has 1 N–H and O–H groups in total. The van der Waals surface area contributed by atoms with E-state index in [1.54, 1.807) is 12.3 Å². The Kier molecular flexibility index (Phi) is 2.57. The molecule has 0 bridgehead atoms. The minimum Gasteiger partial charge on any atom is -0.278 e. The molecule has 0 aliphatic heterocycles. The summed E-state index contributed by atoms with van der Waals surface area (Å²) in [7, 11) is 0. The van der Waals surface area contributed by atoms with E-state index in [0.29, 0.717) is 5.15 Å². The first-order valence-corrected chi connectivity index (χ1v) is 6.04. The molecule has 0 amide bonds. The second kappa shape index (κ2) is 4.09. The van der Waals surface area contributed by atoms with Crippen LogP contribution in [-0.2, 0) is 0 Å². The Morgan fingerprint density at radius 1 is 1.24 bits per heavy atom. The lowest BCUT2D eigenvalue weighted by molar-refractivity contribution is 1.12. The monoisotopic (exact) mass is 308 g/mol. The van der Waals surface area contributed by atoms with Crippen LogP contribution in [0.3, 0.4) is 0 Å². The van der Waals surface area contributed by atoms with Gasteiger partial charge >= 0.3 is 0 Å². The smallest absolute Gasteiger partial charge is 0.132 e. The second-order valence-electron chi connectivity index (χ2n) is 3.47. The molecular weight excluding hydrogens is 304 g/mol. The van der Waals surface area contributed by atoms with Crippen LogP contribution in [0, 0.1) is 0 Å². The molecule has 0 atom stereocenters. The second-order valence-corrected chi connectivity index (χ2v) is 4.67. The Morgan fingerprint density at radius 3 is 2.94 bits per heavy atom. The topological polar surface area (TPSA) is 54.5 Å². The normalized spacial score (nSPS) is 10.9. The van der Waals surface area contributed by atoms with E-state index in [4.69, 9.17) is 11.6 Å². The zero-order valence-corrected chi connectivity index (χ0v) is 10.8. The van der Waals surface area contributed by atoms with Crippen molar-refractivity contribution in [1.82, 2.24) is 20.2 Å². The van der Waals surface area contributed by atoms with E-state index in [-0.39, 0.29) is 0 Å². The standard InChI is InChI=1S/C11H6BrClN4/c12-9-3-1-2-7(15-9)11-6-5-14-17-8(6)4-10(13)16-11/h1-5H,(H,14,17). The van der Waals surface area contributed by atoms with Gasteiger partial charge in [-0.1, -0.05) is 17.7 Å². The molecule has 0 radical (unpaired) electrons. The summed E-state index contributed by atoms with van der Waals surface area (Å²) in [5.41, 5.74) is 2.33. The van der Waals surface area contributed by atoms with Crippen molar-refractivity contribution in [3.05, 3.63) is 40.2 Å². The van der Waals surface area contributed by atoms with Crippen molar-refractivity contribution in [1.29, 1.82) is 0 Å². The summed E-state index contributed by atoms with van der Waals surface area (Å²) in [4.78, 5) is 8.68. The summed E-state index contributed by atoms with van der Waals surface area (Å²) in [5, 5.41) is 8.18. The van der Waals surface area contributed by atoms with Crippen LogP contribution in [0.4, 0.5) is 0 Å². The number of nitrogens with one attached hydrogen (secondary N) is 1. The van der Waals surface area contributed by atoms with Gasteiger partial charge in [-0.25, -0.2) is 9.97 Å². The van der Waals surface area contributed by atoms with Crippen molar-refractivity contribution in [2.75, 3.05) is 0 Å². The third-order valence-corrected chi connectivity index (χ3v) is 3.00. The third-order valence-electron chi connectivity index (χ3n) is 2.36. The highest BCUT2D eigenvalue weighted by Gasteiger charge is 2.10. The Balaban J connectivity index is 2.32. The lowest BCUT2D eigenvalue weighted by Crippen LogP contribution is -1.89. The Labute approximate surface area is 110 Å². The van der Waals surface area contributed by atoms with Crippen molar-refractivity contribution in [3.63, 3.8) is 0 Å². The van der Waals surface area contributed by atoms with E-state index in [1.807, 2.05) is 18.2 Å². The van der Waals surface area contributed by atoms with Gasteiger partial charge in [0.1, 0.15) is 15.5 Å². The van der Waals surface area contributed by atoms with Crippen LogP contribution in [-0.4, -0.2) is 20.2 Å². The zero-order chi connectivity index (χ0) is 11.8. The fourth-order valence-corrected chi connectivity index (χ4v) is 2.19. The molecule has 0 aliphatic carbocycles. The van der Waals surface area contributed by atoms with E-state index < -0.39 is 0 Å². The largest absolute Gasteiger partial charge is 0.278 e. The van der Waals surface area contributed by atoms with Crippen LogP contribution in [0.2, 0.25) is 5.15 Å². The van der Waals surface area contributed by atoms with Gasteiger partial charge in [-0.2, -0.15) is 5.10 Å². The summed E-state index contributed by atoms with van der Waals surface area (Å²) < 4.78 is 0.758. The third kappa shape index (κ3) is 1.92. The highest BCUT2D eigenvalue weighted by Crippen LogP contribution is 2.27. The minimum atomic E-state index is 0.415. The summed E-state index contributed by atoms with van der Waals surface area (Å²) in [6.45, 7) is 0. The number of rotatable bonds is 1. The van der Waals surface area contributed by atoms with Crippen molar-refractivity contribution >= 4 is 38.4 Å². The predicted molar refractivity (Wildman–Crippen MR) is 69.8 cm³/mol. The number of H-pyrrole nitrogens is 1. The molecular formula is C11H6BrClN4. The zero-order valence-electron chi connectivity index (χ0n) is 8.48. The molecule has 3 heterocycles. The molecule has 0 fully saturated rings. The molecule has 3 rings (SSSR count). The molecule has 84 valence electrons. The van der Waals surface area contributed by atoms with Gasteiger partial charge in [0, 0.05) is 11.5 Å². The molecule has 3 aromatic rings. The van der Waals surface area contributed by atoms with Gasteiger partial charge in [0.15, 0.2) is 0 Å². The number of nitrogens with zero attached hydrogens (tertiary/aromatic N) is 3. The molecule has 0 saturated heterocycles. The number of hydrogen-bond acceptors (Lipinski definition) is 3. The van der Waals surface area contributed by atoms with Crippen LogP contribution in [0.25, 0.3) is 22.3 Å². The Bertz CT molecular complexity index is 695. The van der Waals surface area contributed by atoms with E-state index in [2.05, 4.69) is 36.1 Å².